The van der Waals surface area contributed by atoms with E-state index in [9.17, 15) is 13.2 Å². The first-order valence-electron chi connectivity index (χ1n) is 8.42. The molecule has 2 rings (SSSR count). The van der Waals surface area contributed by atoms with Crippen molar-refractivity contribution in [2.24, 2.45) is 0 Å². The molecule has 0 radical (unpaired) electrons. The SMILES string of the molecule is CCC(COC(=O)c1ccccc1)S(=O)(=O)c1ccc(C(C)C)cc1. The number of rotatable bonds is 7. The van der Waals surface area contributed by atoms with Gasteiger partial charge in [-0.2, -0.15) is 0 Å². The lowest BCUT2D eigenvalue weighted by atomic mass is 10.0. The predicted octanol–water partition coefficient (Wildman–Crippen LogP) is 4.22. The van der Waals surface area contributed by atoms with E-state index in [0.717, 1.165) is 5.56 Å². The van der Waals surface area contributed by atoms with Gasteiger partial charge in [-0.15, -0.1) is 0 Å². The van der Waals surface area contributed by atoms with E-state index >= 15 is 0 Å². The van der Waals surface area contributed by atoms with E-state index in [-0.39, 0.29) is 11.5 Å². The zero-order valence-electron chi connectivity index (χ0n) is 14.8. The Balaban J connectivity index is 2.11. The molecule has 134 valence electrons. The molecule has 0 bridgehead atoms. The normalized spacial score (nSPS) is 12.8. The fourth-order valence-electron chi connectivity index (χ4n) is 2.49. The number of carbonyl (C=O) groups excluding carboxylic acids is 1. The van der Waals surface area contributed by atoms with E-state index in [1.807, 2.05) is 12.1 Å². The van der Waals surface area contributed by atoms with E-state index in [0.29, 0.717) is 17.9 Å². The van der Waals surface area contributed by atoms with Crippen molar-refractivity contribution in [3.05, 3.63) is 65.7 Å². The minimum Gasteiger partial charge on any atom is -0.461 e. The van der Waals surface area contributed by atoms with Crippen molar-refractivity contribution in [3.8, 4) is 0 Å². The van der Waals surface area contributed by atoms with Gasteiger partial charge in [0.2, 0.25) is 0 Å². The van der Waals surface area contributed by atoms with Gasteiger partial charge in [0.1, 0.15) is 6.61 Å². The first kappa shape index (κ1) is 19.2. The molecule has 0 aliphatic heterocycles. The molecule has 0 heterocycles. The highest BCUT2D eigenvalue weighted by molar-refractivity contribution is 7.92. The smallest absolute Gasteiger partial charge is 0.338 e. The first-order valence-corrected chi connectivity index (χ1v) is 9.97. The molecule has 0 aliphatic rings. The fourth-order valence-corrected chi connectivity index (χ4v) is 4.07. The van der Waals surface area contributed by atoms with Crippen LogP contribution in [0.2, 0.25) is 0 Å². The van der Waals surface area contributed by atoms with Crippen LogP contribution in [-0.2, 0) is 14.6 Å². The molecule has 0 spiro atoms. The van der Waals surface area contributed by atoms with E-state index in [4.69, 9.17) is 4.74 Å². The number of hydrogen-bond donors (Lipinski definition) is 0. The van der Waals surface area contributed by atoms with Gasteiger partial charge in [0, 0.05) is 0 Å². The molecule has 0 aromatic heterocycles. The minimum absolute atomic E-state index is 0.154. The van der Waals surface area contributed by atoms with Gasteiger partial charge in [-0.25, -0.2) is 13.2 Å². The van der Waals surface area contributed by atoms with Gasteiger partial charge in [0.25, 0.3) is 0 Å². The van der Waals surface area contributed by atoms with Crippen LogP contribution in [0.3, 0.4) is 0 Å². The lowest BCUT2D eigenvalue weighted by Crippen LogP contribution is -2.27. The molecule has 5 heteroatoms. The number of benzene rings is 2. The van der Waals surface area contributed by atoms with E-state index < -0.39 is 21.1 Å². The molecule has 0 saturated heterocycles. The largest absolute Gasteiger partial charge is 0.461 e. The maximum Gasteiger partial charge on any atom is 0.338 e. The van der Waals surface area contributed by atoms with Crippen molar-refractivity contribution >= 4 is 15.8 Å². The van der Waals surface area contributed by atoms with Crippen molar-refractivity contribution in [3.63, 3.8) is 0 Å². The fraction of sp³-hybridized carbons (Fsp3) is 0.350. The zero-order chi connectivity index (χ0) is 18.4. The van der Waals surface area contributed by atoms with Crippen LogP contribution in [0.4, 0.5) is 0 Å². The summed E-state index contributed by atoms with van der Waals surface area (Å²) in [7, 11) is -3.55. The number of hydrogen-bond acceptors (Lipinski definition) is 4. The molecular formula is C20H24O4S. The summed E-state index contributed by atoms with van der Waals surface area (Å²) in [5, 5.41) is -0.759. The number of carbonyl (C=O) groups is 1. The molecule has 25 heavy (non-hydrogen) atoms. The number of esters is 1. The standard InChI is InChI=1S/C20H24O4S/c1-4-18(14-24-20(21)17-8-6-5-7-9-17)25(22,23)19-12-10-16(11-13-19)15(2)3/h5-13,15,18H,4,14H2,1-3H3. The van der Waals surface area contributed by atoms with Crippen molar-refractivity contribution in [1.82, 2.24) is 0 Å². The van der Waals surface area contributed by atoms with Crippen LogP contribution in [0.25, 0.3) is 0 Å². The molecule has 2 aromatic rings. The number of ether oxygens (including phenoxy) is 1. The van der Waals surface area contributed by atoms with Crippen LogP contribution < -0.4 is 0 Å². The van der Waals surface area contributed by atoms with E-state index in [1.54, 1.807) is 49.4 Å². The Kier molecular flexibility index (Phi) is 6.37. The monoisotopic (exact) mass is 360 g/mol. The van der Waals surface area contributed by atoms with Crippen LogP contribution >= 0.6 is 0 Å². The Hall–Kier alpha value is -2.14. The molecule has 0 saturated carbocycles. The molecule has 0 aliphatic carbocycles. The third-order valence-corrected chi connectivity index (χ3v) is 6.46. The molecule has 1 unspecified atom stereocenters. The zero-order valence-corrected chi connectivity index (χ0v) is 15.6. The van der Waals surface area contributed by atoms with Gasteiger partial charge < -0.3 is 4.74 Å². The van der Waals surface area contributed by atoms with E-state index in [2.05, 4.69) is 13.8 Å². The van der Waals surface area contributed by atoms with Gasteiger partial charge in [-0.05, 0) is 42.2 Å². The summed E-state index contributed by atoms with van der Waals surface area (Å²) < 4.78 is 30.8. The van der Waals surface area contributed by atoms with Gasteiger partial charge >= 0.3 is 5.97 Å². The summed E-state index contributed by atoms with van der Waals surface area (Å²) in [6, 6.07) is 15.5. The van der Waals surface area contributed by atoms with Crippen molar-refractivity contribution < 1.29 is 17.9 Å². The summed E-state index contributed by atoms with van der Waals surface area (Å²) >= 11 is 0. The van der Waals surface area contributed by atoms with E-state index in [1.165, 1.54) is 0 Å². The van der Waals surface area contributed by atoms with Gasteiger partial charge in [0.15, 0.2) is 9.84 Å². The summed E-state index contributed by atoms with van der Waals surface area (Å²) in [5.74, 6) is -0.171. The Morgan fingerprint density at radius 3 is 2.12 bits per heavy atom. The molecule has 0 fully saturated rings. The van der Waals surface area contributed by atoms with Crippen LogP contribution in [0, 0.1) is 0 Å². The average Bonchev–Trinajstić information content (AvgIpc) is 2.62. The third kappa shape index (κ3) is 4.69. The highest BCUT2D eigenvalue weighted by Crippen LogP contribution is 2.22. The predicted molar refractivity (Wildman–Crippen MR) is 98.5 cm³/mol. The quantitative estimate of drug-likeness (QED) is 0.694. The maximum absolute atomic E-state index is 12.8. The maximum atomic E-state index is 12.8. The Bertz CT molecular complexity index is 793. The van der Waals surface area contributed by atoms with Gasteiger partial charge in [-0.3, -0.25) is 0 Å². The van der Waals surface area contributed by atoms with Crippen LogP contribution in [0.1, 0.15) is 49.0 Å². The Morgan fingerprint density at radius 1 is 1.00 bits per heavy atom. The lowest BCUT2D eigenvalue weighted by Gasteiger charge is -2.17. The van der Waals surface area contributed by atoms with Crippen LogP contribution in [0.15, 0.2) is 59.5 Å². The highest BCUT2D eigenvalue weighted by Gasteiger charge is 2.27. The number of sulfone groups is 1. The summed E-state index contributed by atoms with van der Waals surface area (Å²) in [6.45, 7) is 5.74. The summed E-state index contributed by atoms with van der Waals surface area (Å²) in [4.78, 5) is 12.3. The topological polar surface area (TPSA) is 60.4 Å². The third-order valence-electron chi connectivity index (χ3n) is 4.18. The van der Waals surface area contributed by atoms with Gasteiger partial charge in [0.05, 0.1) is 15.7 Å². The van der Waals surface area contributed by atoms with Crippen LogP contribution in [-0.4, -0.2) is 26.2 Å². The lowest BCUT2D eigenvalue weighted by molar-refractivity contribution is 0.0503. The Labute approximate surface area is 149 Å². The second kappa shape index (κ2) is 8.30. The summed E-state index contributed by atoms with van der Waals surface area (Å²) in [5.41, 5.74) is 1.50. The Morgan fingerprint density at radius 2 is 1.60 bits per heavy atom. The molecule has 0 amide bonds. The molecular weight excluding hydrogens is 336 g/mol. The molecule has 2 aromatic carbocycles. The van der Waals surface area contributed by atoms with Crippen LogP contribution in [0.5, 0.6) is 0 Å². The van der Waals surface area contributed by atoms with Crippen molar-refractivity contribution in [2.45, 2.75) is 43.3 Å². The first-order chi connectivity index (χ1) is 11.9. The molecule has 4 nitrogen and oxygen atoms in total. The second-order valence-corrected chi connectivity index (χ2v) is 8.49. The average molecular weight is 360 g/mol. The summed E-state index contributed by atoms with van der Waals surface area (Å²) in [6.07, 6.45) is 0.371. The van der Waals surface area contributed by atoms with Crippen molar-refractivity contribution in [2.75, 3.05) is 6.61 Å². The second-order valence-electron chi connectivity index (χ2n) is 6.26. The highest BCUT2D eigenvalue weighted by atomic mass is 32.2. The minimum atomic E-state index is -3.55. The van der Waals surface area contributed by atoms with Crippen molar-refractivity contribution in [1.29, 1.82) is 0 Å². The van der Waals surface area contributed by atoms with Gasteiger partial charge in [-0.1, -0.05) is 51.1 Å². The molecule has 0 N–H and O–H groups in total. The molecule has 1 atom stereocenters.